The van der Waals surface area contributed by atoms with Gasteiger partial charge in [0.1, 0.15) is 5.54 Å². The molecule has 0 saturated carbocycles. The Kier molecular flexibility index (Phi) is 4.71. The van der Waals surface area contributed by atoms with Gasteiger partial charge in [0.25, 0.3) is 0 Å². The van der Waals surface area contributed by atoms with E-state index in [1.165, 1.54) is 38.6 Å². The van der Waals surface area contributed by atoms with Crippen LogP contribution in [0.1, 0.15) is 49.9 Å². The van der Waals surface area contributed by atoms with Crippen LogP contribution in [0.4, 0.5) is 0 Å². The van der Waals surface area contributed by atoms with E-state index >= 15 is 0 Å². The molecule has 0 amide bonds. The van der Waals surface area contributed by atoms with Gasteiger partial charge in [0, 0.05) is 0 Å². The summed E-state index contributed by atoms with van der Waals surface area (Å²) in [6, 6.07) is 23.6. The number of fused-ring (bicyclic) bond motifs is 2. The second-order valence-corrected chi connectivity index (χ2v) is 11.9. The van der Waals surface area contributed by atoms with Gasteiger partial charge in [-0.25, -0.2) is 0 Å². The topological polar surface area (TPSA) is 17.1 Å². The first-order chi connectivity index (χ1) is 13.6. The van der Waals surface area contributed by atoms with Gasteiger partial charge in [-0.2, -0.15) is 0 Å². The monoisotopic (exact) mass is 400 g/mol. The summed E-state index contributed by atoms with van der Waals surface area (Å²) in [5.41, 5.74) is 6.07. The predicted octanol–water partition coefficient (Wildman–Crippen LogP) is 6.09. The molecule has 3 aromatic carbocycles. The Bertz CT molecular complexity index is 1150. The van der Waals surface area contributed by atoms with Crippen molar-refractivity contribution in [3.63, 3.8) is 0 Å². The lowest BCUT2D eigenvalue weighted by Gasteiger charge is -2.42. The molecular formula is C26H30NOSi+. The van der Waals surface area contributed by atoms with Crippen LogP contribution in [0.3, 0.4) is 0 Å². The minimum absolute atomic E-state index is 0.0283. The highest BCUT2D eigenvalue weighted by molar-refractivity contribution is 6.39. The Morgan fingerprint density at radius 2 is 1.41 bits per heavy atom. The summed E-state index contributed by atoms with van der Waals surface area (Å²) in [7, 11) is 2.21. The van der Waals surface area contributed by atoms with Gasteiger partial charge < -0.3 is 8.61 Å². The van der Waals surface area contributed by atoms with Crippen LogP contribution in [0.5, 0.6) is 0 Å². The maximum atomic E-state index is 14.1. The van der Waals surface area contributed by atoms with Crippen LogP contribution in [0.25, 0.3) is 16.3 Å². The molecule has 3 heteroatoms. The van der Waals surface area contributed by atoms with Crippen LogP contribution in [0, 0.1) is 0 Å². The Hall–Kier alpha value is -2.36. The predicted molar refractivity (Wildman–Crippen MR) is 123 cm³/mol. The van der Waals surface area contributed by atoms with Crippen molar-refractivity contribution in [2.24, 2.45) is 0 Å². The van der Waals surface area contributed by atoms with Crippen LogP contribution in [0.15, 0.2) is 72.3 Å². The average Bonchev–Trinajstić information content (AvgIpc) is 2.97. The first-order valence-electron chi connectivity index (χ1n) is 10.3. The van der Waals surface area contributed by atoms with Crippen molar-refractivity contribution < 1.29 is 8.61 Å². The van der Waals surface area contributed by atoms with Gasteiger partial charge >= 0.3 is 8.84 Å². The standard InChI is InChI=1S/C26H30NOSi/c1-18-24(21-17-11-13-19-12-7-8-14-20(19)21)22-15-9-10-16-23(22)25(18)29(28)27(5,6)26(2,3)4/h7-17,25H,1-6H3/q+1. The molecule has 29 heavy (non-hydrogen) atoms. The highest BCUT2D eigenvalue weighted by Gasteiger charge is 2.50. The second-order valence-electron chi connectivity index (χ2n) is 9.57. The molecule has 148 valence electrons. The number of nitrogens with zero attached hydrogens (tertiary/aromatic N) is 1. The smallest absolute Gasteiger partial charge is 0.328 e. The van der Waals surface area contributed by atoms with E-state index in [9.17, 15) is 4.46 Å². The molecule has 0 N–H and O–H groups in total. The van der Waals surface area contributed by atoms with Crippen LogP contribution < -0.4 is 0 Å². The van der Waals surface area contributed by atoms with Crippen LogP contribution in [-0.4, -0.2) is 32.6 Å². The van der Waals surface area contributed by atoms with E-state index in [-0.39, 0.29) is 11.1 Å². The van der Waals surface area contributed by atoms with Crippen molar-refractivity contribution in [3.8, 4) is 0 Å². The van der Waals surface area contributed by atoms with Crippen LogP contribution >= 0.6 is 0 Å². The molecule has 0 aromatic heterocycles. The van der Waals surface area contributed by atoms with E-state index in [1.54, 1.807) is 0 Å². The summed E-state index contributed by atoms with van der Waals surface area (Å²) >= 11 is 0. The summed E-state index contributed by atoms with van der Waals surface area (Å²) in [5, 5.41) is 2.49. The van der Waals surface area contributed by atoms with Crippen LogP contribution in [-0.2, 0) is 4.46 Å². The first kappa shape index (κ1) is 19.9. The summed E-state index contributed by atoms with van der Waals surface area (Å²) in [4.78, 5) is 0. The maximum absolute atomic E-state index is 14.1. The van der Waals surface area contributed by atoms with Gasteiger partial charge in [-0.1, -0.05) is 66.7 Å². The highest BCUT2D eigenvalue weighted by Crippen LogP contribution is 2.47. The van der Waals surface area contributed by atoms with E-state index in [0.717, 1.165) is 0 Å². The van der Waals surface area contributed by atoms with Gasteiger partial charge in [0.2, 0.25) is 0 Å². The van der Waals surface area contributed by atoms with E-state index in [2.05, 4.69) is 109 Å². The maximum Gasteiger partial charge on any atom is 0.565 e. The highest BCUT2D eigenvalue weighted by atomic mass is 28.3. The third kappa shape index (κ3) is 3.04. The molecule has 0 saturated heterocycles. The van der Waals surface area contributed by atoms with E-state index in [1.807, 2.05) is 0 Å². The molecule has 0 spiro atoms. The minimum Gasteiger partial charge on any atom is -0.328 e. The summed E-state index contributed by atoms with van der Waals surface area (Å²) < 4.78 is 14.6. The number of quaternary nitrogens is 1. The number of allylic oxidation sites excluding steroid dienone is 1. The SMILES string of the molecule is CC1=C(c2cccc3ccccc23)c2ccccc2C1[Si](=O)[N+](C)(C)C(C)(C)C. The van der Waals surface area contributed by atoms with E-state index < -0.39 is 8.84 Å². The quantitative estimate of drug-likeness (QED) is 0.486. The zero-order valence-corrected chi connectivity index (χ0v) is 19.3. The number of hydrogen-bond donors (Lipinski definition) is 0. The molecular weight excluding hydrogens is 370 g/mol. The molecule has 0 fully saturated rings. The Morgan fingerprint density at radius 3 is 2.14 bits per heavy atom. The Labute approximate surface area is 175 Å². The molecule has 1 atom stereocenters. The fourth-order valence-electron chi connectivity index (χ4n) is 4.34. The minimum atomic E-state index is -2.02. The molecule has 4 rings (SSSR count). The lowest BCUT2D eigenvalue weighted by molar-refractivity contribution is -0.838. The van der Waals surface area contributed by atoms with Crippen molar-refractivity contribution in [1.29, 1.82) is 0 Å². The zero-order valence-electron chi connectivity index (χ0n) is 18.3. The Morgan fingerprint density at radius 1 is 0.828 bits per heavy atom. The lowest BCUT2D eigenvalue weighted by Crippen LogP contribution is -2.61. The largest absolute Gasteiger partial charge is 0.565 e. The molecule has 0 bridgehead atoms. The Balaban J connectivity index is 1.97. The normalized spacial score (nSPS) is 17.0. The zero-order chi connectivity index (χ0) is 21.0. The van der Waals surface area contributed by atoms with Gasteiger partial charge in [-0.15, -0.1) is 0 Å². The molecule has 3 aromatic rings. The molecule has 0 aliphatic heterocycles. The summed E-state index contributed by atoms with van der Waals surface area (Å²) in [6.07, 6.45) is 0. The second kappa shape index (κ2) is 6.86. The molecule has 1 aliphatic rings. The number of rotatable bonds is 3. The fourth-order valence-corrected chi connectivity index (χ4v) is 6.68. The third-order valence-corrected chi connectivity index (χ3v) is 9.91. The molecule has 1 aliphatic carbocycles. The van der Waals surface area contributed by atoms with Crippen molar-refractivity contribution in [3.05, 3.63) is 89.0 Å². The van der Waals surface area contributed by atoms with Crippen molar-refractivity contribution in [2.75, 3.05) is 14.1 Å². The van der Waals surface area contributed by atoms with Crippen molar-refractivity contribution in [2.45, 2.75) is 38.8 Å². The van der Waals surface area contributed by atoms with Gasteiger partial charge in [-0.3, -0.25) is 0 Å². The molecule has 0 radical (unpaired) electrons. The first-order valence-corrected chi connectivity index (χ1v) is 11.7. The van der Waals surface area contributed by atoms with Crippen molar-refractivity contribution >= 4 is 25.2 Å². The van der Waals surface area contributed by atoms with E-state index in [4.69, 9.17) is 0 Å². The number of benzene rings is 3. The van der Waals surface area contributed by atoms with Crippen LogP contribution in [0.2, 0.25) is 0 Å². The third-order valence-electron chi connectivity index (χ3n) is 6.90. The van der Waals surface area contributed by atoms with Gasteiger partial charge in [0.15, 0.2) is 0 Å². The van der Waals surface area contributed by atoms with Gasteiger partial charge in [-0.05, 0) is 66.3 Å². The average molecular weight is 401 g/mol. The van der Waals surface area contributed by atoms with Crippen molar-refractivity contribution in [1.82, 2.24) is 0 Å². The summed E-state index contributed by atoms with van der Waals surface area (Å²) in [5.74, 6) is 0. The summed E-state index contributed by atoms with van der Waals surface area (Å²) in [6.45, 7) is 8.73. The molecule has 1 unspecified atom stereocenters. The van der Waals surface area contributed by atoms with Gasteiger partial charge in [0.05, 0.1) is 19.6 Å². The molecule has 2 nitrogen and oxygen atoms in total. The molecule has 0 heterocycles. The van der Waals surface area contributed by atoms with E-state index in [0.29, 0.717) is 4.15 Å². The lowest BCUT2D eigenvalue weighted by atomic mass is 9.93. The number of hydrogen-bond acceptors (Lipinski definition) is 1. The fraction of sp³-hybridized carbons (Fsp3) is 0.308.